The molecule has 0 aliphatic rings. The van der Waals surface area contributed by atoms with Gasteiger partial charge in [-0.25, -0.2) is 4.39 Å². The lowest BCUT2D eigenvalue weighted by molar-refractivity contribution is -0.117. The molecule has 21 heavy (non-hydrogen) atoms. The zero-order valence-corrected chi connectivity index (χ0v) is 12.0. The molecule has 2 rings (SSSR count). The molecule has 2 aromatic rings. The Morgan fingerprint density at radius 3 is 2.62 bits per heavy atom. The van der Waals surface area contributed by atoms with Gasteiger partial charge in [0.05, 0.1) is 6.04 Å². The number of halogens is 1. The van der Waals surface area contributed by atoms with Crippen LogP contribution in [0.3, 0.4) is 0 Å². The highest BCUT2D eigenvalue weighted by Gasteiger charge is 2.14. The molecule has 0 aliphatic heterocycles. The number of nitrogens with one attached hydrogen (secondary N) is 1. The van der Waals surface area contributed by atoms with Crippen molar-refractivity contribution in [2.24, 2.45) is 5.73 Å². The molecular formula is C17H19FN2O. The molecule has 0 fully saturated rings. The summed E-state index contributed by atoms with van der Waals surface area (Å²) in [5, 5.41) is 2.66. The summed E-state index contributed by atoms with van der Waals surface area (Å²) in [5.74, 6) is -0.668. The van der Waals surface area contributed by atoms with Crippen LogP contribution < -0.4 is 11.1 Å². The van der Waals surface area contributed by atoms with E-state index in [1.165, 1.54) is 12.1 Å². The van der Waals surface area contributed by atoms with E-state index in [1.807, 2.05) is 30.3 Å². The van der Waals surface area contributed by atoms with Crippen molar-refractivity contribution in [2.75, 3.05) is 5.32 Å². The summed E-state index contributed by atoms with van der Waals surface area (Å²) < 4.78 is 13.3. The Balaban J connectivity index is 1.90. The first-order chi connectivity index (χ1) is 10.0. The Hall–Kier alpha value is -2.20. The highest BCUT2D eigenvalue weighted by molar-refractivity contribution is 5.94. The van der Waals surface area contributed by atoms with Crippen molar-refractivity contribution in [2.45, 2.75) is 25.8 Å². The summed E-state index contributed by atoms with van der Waals surface area (Å²) in [5.41, 5.74) is 8.21. The van der Waals surface area contributed by atoms with Gasteiger partial charge in [-0.1, -0.05) is 30.3 Å². The van der Waals surface area contributed by atoms with Crippen LogP contribution in [0, 0.1) is 12.7 Å². The minimum atomic E-state index is -0.617. The molecular weight excluding hydrogens is 267 g/mol. The number of anilines is 1. The Morgan fingerprint density at radius 1 is 1.24 bits per heavy atom. The SMILES string of the molecule is Cc1cc(F)cc(NC(=O)C(N)CCc2ccccc2)c1. The van der Waals surface area contributed by atoms with Gasteiger partial charge in [-0.05, 0) is 49.1 Å². The molecule has 0 aliphatic carbocycles. The van der Waals surface area contributed by atoms with E-state index in [0.29, 0.717) is 12.1 Å². The van der Waals surface area contributed by atoms with Crippen molar-refractivity contribution in [1.82, 2.24) is 0 Å². The van der Waals surface area contributed by atoms with E-state index in [0.717, 1.165) is 17.5 Å². The lowest BCUT2D eigenvalue weighted by atomic mass is 10.1. The lowest BCUT2D eigenvalue weighted by Gasteiger charge is -2.13. The van der Waals surface area contributed by atoms with E-state index in [2.05, 4.69) is 5.32 Å². The quantitative estimate of drug-likeness (QED) is 0.887. The number of nitrogens with two attached hydrogens (primary N) is 1. The Morgan fingerprint density at radius 2 is 1.95 bits per heavy atom. The molecule has 1 atom stereocenters. The second kappa shape index (κ2) is 6.99. The third-order valence-electron chi connectivity index (χ3n) is 3.23. The van der Waals surface area contributed by atoms with Crippen molar-refractivity contribution < 1.29 is 9.18 Å². The normalized spacial score (nSPS) is 12.0. The third kappa shape index (κ3) is 4.68. The van der Waals surface area contributed by atoms with Crippen LogP contribution in [0.5, 0.6) is 0 Å². The molecule has 1 amide bonds. The van der Waals surface area contributed by atoms with Gasteiger partial charge in [0, 0.05) is 5.69 Å². The zero-order chi connectivity index (χ0) is 15.2. The number of carbonyl (C=O) groups excluding carboxylic acids is 1. The predicted molar refractivity (Wildman–Crippen MR) is 82.5 cm³/mol. The molecule has 0 radical (unpaired) electrons. The average Bonchev–Trinajstić information content (AvgIpc) is 2.44. The fourth-order valence-electron chi connectivity index (χ4n) is 2.14. The summed E-state index contributed by atoms with van der Waals surface area (Å²) in [7, 11) is 0. The largest absolute Gasteiger partial charge is 0.325 e. The fraction of sp³-hybridized carbons (Fsp3) is 0.235. The first kappa shape index (κ1) is 15.2. The monoisotopic (exact) mass is 286 g/mol. The van der Waals surface area contributed by atoms with Crippen LogP contribution >= 0.6 is 0 Å². The Bertz CT molecular complexity index is 593. The molecule has 0 spiro atoms. The van der Waals surface area contributed by atoms with E-state index in [4.69, 9.17) is 5.73 Å². The third-order valence-corrected chi connectivity index (χ3v) is 3.23. The van der Waals surface area contributed by atoms with Gasteiger partial charge in [0.1, 0.15) is 5.82 Å². The molecule has 1 unspecified atom stereocenters. The highest BCUT2D eigenvalue weighted by atomic mass is 19.1. The van der Waals surface area contributed by atoms with Crippen LogP contribution in [0.25, 0.3) is 0 Å². The Labute approximate surface area is 124 Å². The van der Waals surface area contributed by atoms with Crippen LogP contribution in [0.4, 0.5) is 10.1 Å². The summed E-state index contributed by atoms with van der Waals surface area (Å²) in [6, 6.07) is 13.6. The maximum atomic E-state index is 13.3. The molecule has 0 heterocycles. The second-order valence-corrected chi connectivity index (χ2v) is 5.14. The van der Waals surface area contributed by atoms with Gasteiger partial charge >= 0.3 is 0 Å². The van der Waals surface area contributed by atoms with E-state index < -0.39 is 6.04 Å². The van der Waals surface area contributed by atoms with Crippen LogP contribution in [-0.2, 0) is 11.2 Å². The van der Waals surface area contributed by atoms with Gasteiger partial charge in [-0.3, -0.25) is 4.79 Å². The van der Waals surface area contributed by atoms with Crippen molar-refractivity contribution in [1.29, 1.82) is 0 Å². The highest BCUT2D eigenvalue weighted by Crippen LogP contribution is 2.14. The predicted octanol–water partition coefficient (Wildman–Crippen LogP) is 3.03. The molecule has 0 bridgehead atoms. The van der Waals surface area contributed by atoms with Gasteiger partial charge in [-0.15, -0.1) is 0 Å². The number of carbonyl (C=O) groups is 1. The van der Waals surface area contributed by atoms with Crippen LogP contribution in [0.15, 0.2) is 48.5 Å². The topological polar surface area (TPSA) is 55.1 Å². The van der Waals surface area contributed by atoms with Crippen molar-refractivity contribution in [3.63, 3.8) is 0 Å². The molecule has 4 heteroatoms. The van der Waals surface area contributed by atoms with Crippen LogP contribution in [0.1, 0.15) is 17.5 Å². The van der Waals surface area contributed by atoms with E-state index >= 15 is 0 Å². The molecule has 0 saturated heterocycles. The summed E-state index contributed by atoms with van der Waals surface area (Å²) in [6.45, 7) is 1.77. The summed E-state index contributed by atoms with van der Waals surface area (Å²) in [6.07, 6.45) is 1.28. The van der Waals surface area contributed by atoms with E-state index in [-0.39, 0.29) is 11.7 Å². The molecule has 0 saturated carbocycles. The van der Waals surface area contributed by atoms with Gasteiger partial charge in [0.25, 0.3) is 0 Å². The molecule has 0 aromatic heterocycles. The number of benzene rings is 2. The van der Waals surface area contributed by atoms with E-state index in [1.54, 1.807) is 13.0 Å². The minimum Gasteiger partial charge on any atom is -0.325 e. The number of aryl methyl sites for hydroxylation is 2. The Kier molecular flexibility index (Phi) is 5.06. The molecule has 3 nitrogen and oxygen atoms in total. The summed E-state index contributed by atoms with van der Waals surface area (Å²) >= 11 is 0. The van der Waals surface area contributed by atoms with Gasteiger partial charge in [0.2, 0.25) is 5.91 Å². The second-order valence-electron chi connectivity index (χ2n) is 5.14. The van der Waals surface area contributed by atoms with Gasteiger partial charge < -0.3 is 11.1 Å². The summed E-state index contributed by atoms with van der Waals surface area (Å²) in [4.78, 5) is 12.0. The van der Waals surface area contributed by atoms with Crippen molar-refractivity contribution >= 4 is 11.6 Å². The van der Waals surface area contributed by atoms with Crippen molar-refractivity contribution in [3.05, 3.63) is 65.5 Å². The molecule has 3 N–H and O–H groups in total. The lowest BCUT2D eigenvalue weighted by Crippen LogP contribution is -2.36. The van der Waals surface area contributed by atoms with Gasteiger partial charge in [-0.2, -0.15) is 0 Å². The number of hydrogen-bond donors (Lipinski definition) is 2. The smallest absolute Gasteiger partial charge is 0.241 e. The van der Waals surface area contributed by atoms with Crippen LogP contribution in [0.2, 0.25) is 0 Å². The zero-order valence-electron chi connectivity index (χ0n) is 12.0. The van der Waals surface area contributed by atoms with Crippen molar-refractivity contribution in [3.8, 4) is 0 Å². The minimum absolute atomic E-state index is 0.295. The van der Waals surface area contributed by atoms with E-state index in [9.17, 15) is 9.18 Å². The van der Waals surface area contributed by atoms with Crippen LogP contribution in [-0.4, -0.2) is 11.9 Å². The maximum absolute atomic E-state index is 13.3. The fourth-order valence-corrected chi connectivity index (χ4v) is 2.14. The first-order valence-electron chi connectivity index (χ1n) is 6.92. The molecule has 110 valence electrons. The maximum Gasteiger partial charge on any atom is 0.241 e. The number of amides is 1. The first-order valence-corrected chi connectivity index (χ1v) is 6.92. The molecule has 2 aromatic carbocycles. The number of hydrogen-bond acceptors (Lipinski definition) is 2. The average molecular weight is 286 g/mol. The van der Waals surface area contributed by atoms with Gasteiger partial charge in [0.15, 0.2) is 0 Å². The number of rotatable bonds is 5. The standard InChI is InChI=1S/C17H19FN2O/c1-12-9-14(18)11-15(10-12)20-17(21)16(19)8-7-13-5-3-2-4-6-13/h2-6,9-11,16H,7-8,19H2,1H3,(H,20,21).